The molecule has 2 aromatic heterocycles. The third kappa shape index (κ3) is 2.57. The van der Waals surface area contributed by atoms with Crippen LogP contribution in [0.25, 0.3) is 10.9 Å². The number of aromatic nitrogens is 1. The molecule has 3 heteroatoms. The summed E-state index contributed by atoms with van der Waals surface area (Å²) < 4.78 is 0. The van der Waals surface area contributed by atoms with Crippen molar-refractivity contribution in [3.63, 3.8) is 0 Å². The molecule has 2 heterocycles. The first-order valence-electron chi connectivity index (χ1n) is 6.69. The molecule has 19 heavy (non-hydrogen) atoms. The second-order valence-corrected chi connectivity index (χ2v) is 5.69. The van der Waals surface area contributed by atoms with Crippen LogP contribution >= 0.6 is 11.3 Å². The van der Waals surface area contributed by atoms with Crippen molar-refractivity contribution >= 4 is 22.2 Å². The molecule has 0 saturated heterocycles. The van der Waals surface area contributed by atoms with Gasteiger partial charge in [0.1, 0.15) is 0 Å². The number of H-pyrrole nitrogens is 1. The Morgan fingerprint density at radius 3 is 2.89 bits per heavy atom. The Hall–Kier alpha value is -1.58. The van der Waals surface area contributed by atoms with Gasteiger partial charge in [-0.3, -0.25) is 0 Å². The molecular formula is C16H18N2S. The first kappa shape index (κ1) is 12.5. The summed E-state index contributed by atoms with van der Waals surface area (Å²) in [5, 5.41) is 7.05. The summed E-state index contributed by atoms with van der Waals surface area (Å²) in [5.41, 5.74) is 4.02. The molecule has 0 fully saturated rings. The van der Waals surface area contributed by atoms with Gasteiger partial charge in [0.25, 0.3) is 0 Å². The van der Waals surface area contributed by atoms with Crippen molar-refractivity contribution in [2.24, 2.45) is 0 Å². The summed E-state index contributed by atoms with van der Waals surface area (Å²) >= 11 is 1.84. The van der Waals surface area contributed by atoms with Crippen molar-refractivity contribution in [2.75, 3.05) is 0 Å². The summed E-state index contributed by atoms with van der Waals surface area (Å²) in [4.78, 5) is 4.78. The van der Waals surface area contributed by atoms with Crippen molar-refractivity contribution in [2.45, 2.75) is 26.4 Å². The molecule has 0 spiro atoms. The van der Waals surface area contributed by atoms with Gasteiger partial charge in [0.05, 0.1) is 0 Å². The molecule has 0 aliphatic rings. The van der Waals surface area contributed by atoms with E-state index in [4.69, 9.17) is 0 Å². The Morgan fingerprint density at radius 2 is 2.00 bits per heavy atom. The zero-order valence-corrected chi connectivity index (χ0v) is 11.9. The van der Waals surface area contributed by atoms with Crippen LogP contribution in [0.1, 0.15) is 22.9 Å². The standard InChI is InChI=1S/C16H18N2S/c1-2-12-7-8-19-16(12)11-17-9-13-10-18-15-6-4-3-5-14(13)15/h3-8,10,17-18H,2,9,11H2,1H3. The van der Waals surface area contributed by atoms with E-state index in [2.05, 4.69) is 59.1 Å². The Morgan fingerprint density at radius 1 is 1.11 bits per heavy atom. The molecular weight excluding hydrogens is 252 g/mol. The average Bonchev–Trinajstić information content (AvgIpc) is 3.06. The minimum Gasteiger partial charge on any atom is -0.361 e. The predicted octanol–water partition coefficient (Wildman–Crippen LogP) is 4.08. The molecule has 3 rings (SSSR count). The molecule has 0 aliphatic carbocycles. The highest BCUT2D eigenvalue weighted by Crippen LogP contribution is 2.19. The molecule has 0 radical (unpaired) electrons. The van der Waals surface area contributed by atoms with E-state index in [0.29, 0.717) is 0 Å². The summed E-state index contributed by atoms with van der Waals surface area (Å²) in [7, 11) is 0. The van der Waals surface area contributed by atoms with E-state index in [1.54, 1.807) is 0 Å². The molecule has 0 bridgehead atoms. The molecule has 0 amide bonds. The number of hydrogen-bond acceptors (Lipinski definition) is 2. The molecule has 2 nitrogen and oxygen atoms in total. The van der Waals surface area contributed by atoms with Crippen LogP contribution in [0.2, 0.25) is 0 Å². The fraction of sp³-hybridized carbons (Fsp3) is 0.250. The van der Waals surface area contributed by atoms with Crippen LogP contribution in [-0.4, -0.2) is 4.98 Å². The third-order valence-electron chi connectivity index (χ3n) is 3.49. The van der Waals surface area contributed by atoms with E-state index in [9.17, 15) is 0 Å². The van der Waals surface area contributed by atoms with E-state index in [0.717, 1.165) is 19.5 Å². The van der Waals surface area contributed by atoms with Gasteiger partial charge in [-0.05, 0) is 35.1 Å². The summed E-state index contributed by atoms with van der Waals surface area (Å²) in [5.74, 6) is 0. The number of nitrogens with one attached hydrogen (secondary N) is 2. The largest absolute Gasteiger partial charge is 0.361 e. The maximum atomic E-state index is 3.55. The SMILES string of the molecule is CCc1ccsc1CNCc1c[nH]c2ccccc12. The average molecular weight is 270 g/mol. The van der Waals surface area contributed by atoms with Gasteiger partial charge in [0.2, 0.25) is 0 Å². The summed E-state index contributed by atoms with van der Waals surface area (Å²) in [6.07, 6.45) is 3.22. The lowest BCUT2D eigenvalue weighted by atomic mass is 10.1. The number of para-hydroxylation sites is 1. The Balaban J connectivity index is 1.67. The summed E-state index contributed by atoms with van der Waals surface area (Å²) in [6.45, 7) is 4.08. The van der Waals surface area contributed by atoms with Crippen molar-refractivity contribution in [1.82, 2.24) is 10.3 Å². The highest BCUT2D eigenvalue weighted by molar-refractivity contribution is 7.10. The van der Waals surface area contributed by atoms with Crippen LogP contribution in [0.5, 0.6) is 0 Å². The first-order valence-corrected chi connectivity index (χ1v) is 7.57. The van der Waals surface area contributed by atoms with E-state index >= 15 is 0 Å². The summed E-state index contributed by atoms with van der Waals surface area (Å²) in [6, 6.07) is 10.7. The van der Waals surface area contributed by atoms with Crippen LogP contribution < -0.4 is 5.32 Å². The lowest BCUT2D eigenvalue weighted by Gasteiger charge is -2.04. The van der Waals surface area contributed by atoms with Gasteiger partial charge in [-0.1, -0.05) is 25.1 Å². The molecule has 3 aromatic rings. The molecule has 98 valence electrons. The van der Waals surface area contributed by atoms with E-state index in [-0.39, 0.29) is 0 Å². The zero-order valence-electron chi connectivity index (χ0n) is 11.1. The van der Waals surface area contributed by atoms with Crippen molar-refractivity contribution in [1.29, 1.82) is 0 Å². The second-order valence-electron chi connectivity index (χ2n) is 4.69. The van der Waals surface area contributed by atoms with E-state index in [1.807, 2.05) is 11.3 Å². The van der Waals surface area contributed by atoms with Crippen molar-refractivity contribution in [3.8, 4) is 0 Å². The number of rotatable bonds is 5. The molecule has 1 aromatic carbocycles. The van der Waals surface area contributed by atoms with Gasteiger partial charge in [0, 0.05) is 35.1 Å². The monoisotopic (exact) mass is 270 g/mol. The van der Waals surface area contributed by atoms with Gasteiger partial charge in [-0.25, -0.2) is 0 Å². The van der Waals surface area contributed by atoms with E-state index in [1.165, 1.54) is 26.9 Å². The predicted molar refractivity (Wildman–Crippen MR) is 82.5 cm³/mol. The number of aryl methyl sites for hydroxylation is 1. The minimum atomic E-state index is 0.908. The molecule has 0 aliphatic heterocycles. The topological polar surface area (TPSA) is 27.8 Å². The highest BCUT2D eigenvalue weighted by atomic mass is 32.1. The quantitative estimate of drug-likeness (QED) is 0.718. The number of fused-ring (bicyclic) bond motifs is 1. The number of benzene rings is 1. The maximum Gasteiger partial charge on any atom is 0.0457 e. The third-order valence-corrected chi connectivity index (χ3v) is 4.46. The number of thiophene rings is 1. The minimum absolute atomic E-state index is 0.908. The zero-order chi connectivity index (χ0) is 13.1. The number of hydrogen-bond donors (Lipinski definition) is 2. The fourth-order valence-corrected chi connectivity index (χ4v) is 3.37. The second kappa shape index (κ2) is 5.59. The Labute approximate surface area is 117 Å². The van der Waals surface area contributed by atoms with Crippen LogP contribution in [0.4, 0.5) is 0 Å². The molecule has 0 saturated carbocycles. The normalized spacial score (nSPS) is 11.2. The van der Waals surface area contributed by atoms with Crippen LogP contribution in [-0.2, 0) is 19.5 Å². The molecule has 0 unspecified atom stereocenters. The van der Waals surface area contributed by atoms with Gasteiger partial charge < -0.3 is 10.3 Å². The Kier molecular flexibility index (Phi) is 3.67. The Bertz CT molecular complexity index is 666. The maximum absolute atomic E-state index is 3.55. The molecule has 2 N–H and O–H groups in total. The van der Waals surface area contributed by atoms with Crippen molar-refractivity contribution < 1.29 is 0 Å². The smallest absolute Gasteiger partial charge is 0.0457 e. The van der Waals surface area contributed by atoms with Crippen molar-refractivity contribution in [3.05, 3.63) is 57.9 Å². The highest BCUT2D eigenvalue weighted by Gasteiger charge is 2.04. The lowest BCUT2D eigenvalue weighted by Crippen LogP contribution is -2.12. The first-order chi connectivity index (χ1) is 9.38. The molecule has 0 atom stereocenters. The van der Waals surface area contributed by atoms with Gasteiger partial charge >= 0.3 is 0 Å². The number of aromatic amines is 1. The van der Waals surface area contributed by atoms with Gasteiger partial charge in [-0.2, -0.15) is 0 Å². The fourth-order valence-electron chi connectivity index (χ4n) is 2.43. The van der Waals surface area contributed by atoms with Crippen LogP contribution in [0.15, 0.2) is 41.9 Å². The lowest BCUT2D eigenvalue weighted by molar-refractivity contribution is 0.700. The van der Waals surface area contributed by atoms with E-state index < -0.39 is 0 Å². The van der Waals surface area contributed by atoms with Crippen LogP contribution in [0.3, 0.4) is 0 Å². The van der Waals surface area contributed by atoms with Crippen LogP contribution in [0, 0.1) is 0 Å². The van der Waals surface area contributed by atoms with Gasteiger partial charge in [-0.15, -0.1) is 11.3 Å². The van der Waals surface area contributed by atoms with Gasteiger partial charge in [0.15, 0.2) is 0 Å².